The van der Waals surface area contributed by atoms with E-state index < -0.39 is 17.7 Å². The van der Waals surface area contributed by atoms with E-state index in [0.717, 1.165) is 16.5 Å². The van der Waals surface area contributed by atoms with Gasteiger partial charge in [-0.15, -0.1) is 0 Å². The molecule has 0 aliphatic carbocycles. The van der Waals surface area contributed by atoms with E-state index >= 15 is 0 Å². The van der Waals surface area contributed by atoms with Crippen molar-refractivity contribution in [3.63, 3.8) is 0 Å². The monoisotopic (exact) mass is 537 g/mol. The van der Waals surface area contributed by atoms with Crippen molar-refractivity contribution in [2.45, 2.75) is 38.9 Å². The highest BCUT2D eigenvalue weighted by atomic mass is 35.5. The van der Waals surface area contributed by atoms with Crippen molar-refractivity contribution < 1.29 is 29.0 Å². The molecule has 0 bridgehead atoms. The van der Waals surface area contributed by atoms with E-state index in [-0.39, 0.29) is 17.6 Å². The highest BCUT2D eigenvalue weighted by molar-refractivity contribution is 6.31. The molecule has 38 heavy (non-hydrogen) atoms. The van der Waals surface area contributed by atoms with E-state index in [0.29, 0.717) is 54.5 Å². The number of halogens is 1. The molecule has 2 aliphatic heterocycles. The van der Waals surface area contributed by atoms with Crippen LogP contribution in [0.3, 0.4) is 0 Å². The van der Waals surface area contributed by atoms with Gasteiger partial charge in [-0.05, 0) is 56.7 Å². The lowest BCUT2D eigenvalue weighted by Crippen LogP contribution is -2.54. The normalized spacial score (nSPS) is 17.2. The first-order chi connectivity index (χ1) is 18.0. The Kier molecular flexibility index (Phi) is 6.65. The molecule has 5 rings (SSSR count). The minimum atomic E-state index is -1.03. The molecule has 1 fully saturated rings. The molecule has 1 N–H and O–H groups in total. The number of amides is 2. The number of carbonyl (C=O) groups is 3. The Bertz CT molecular complexity index is 1440. The largest absolute Gasteiger partial charge is 0.479 e. The Balaban J connectivity index is 1.35. The van der Waals surface area contributed by atoms with Gasteiger partial charge in [0.15, 0.2) is 6.10 Å². The van der Waals surface area contributed by atoms with Crippen LogP contribution in [0, 0.1) is 0 Å². The number of hydrogen-bond donors (Lipinski definition) is 1. The molecule has 1 aromatic heterocycles. The molecule has 10 heteroatoms. The molecule has 198 valence electrons. The number of hydrogen-bond acceptors (Lipinski definition) is 6. The Labute approximate surface area is 224 Å². The highest BCUT2D eigenvalue weighted by Crippen LogP contribution is 2.43. The van der Waals surface area contributed by atoms with Gasteiger partial charge in [-0.3, -0.25) is 9.78 Å². The first-order valence-corrected chi connectivity index (χ1v) is 12.8. The van der Waals surface area contributed by atoms with Crippen LogP contribution in [0.4, 0.5) is 4.79 Å². The molecule has 3 aromatic rings. The van der Waals surface area contributed by atoms with Crippen LogP contribution in [0.1, 0.15) is 36.7 Å². The van der Waals surface area contributed by atoms with Crippen LogP contribution in [0.5, 0.6) is 5.75 Å². The van der Waals surface area contributed by atoms with E-state index in [1.54, 1.807) is 34.2 Å². The van der Waals surface area contributed by atoms with Crippen molar-refractivity contribution in [3.8, 4) is 16.9 Å². The summed E-state index contributed by atoms with van der Waals surface area (Å²) in [4.78, 5) is 44.8. The topological polar surface area (TPSA) is 109 Å². The summed E-state index contributed by atoms with van der Waals surface area (Å²) >= 11 is 6.47. The van der Waals surface area contributed by atoms with Gasteiger partial charge in [-0.1, -0.05) is 17.7 Å². The van der Waals surface area contributed by atoms with E-state index in [1.165, 1.54) is 12.1 Å². The zero-order chi connectivity index (χ0) is 27.2. The van der Waals surface area contributed by atoms with Gasteiger partial charge in [0.2, 0.25) is 0 Å². The highest BCUT2D eigenvalue weighted by Gasteiger charge is 2.36. The Morgan fingerprint density at radius 1 is 1.03 bits per heavy atom. The van der Waals surface area contributed by atoms with Gasteiger partial charge >= 0.3 is 12.1 Å². The van der Waals surface area contributed by atoms with E-state index in [4.69, 9.17) is 21.1 Å². The van der Waals surface area contributed by atoms with Crippen LogP contribution in [-0.2, 0) is 16.0 Å². The maximum absolute atomic E-state index is 13.4. The number of carbonyl (C=O) groups excluding carboxylic acids is 2. The summed E-state index contributed by atoms with van der Waals surface area (Å²) in [6.45, 7) is 7.02. The summed E-state index contributed by atoms with van der Waals surface area (Å²) in [6, 6.07) is 10.2. The molecule has 1 saturated heterocycles. The van der Waals surface area contributed by atoms with Crippen LogP contribution in [0.2, 0.25) is 5.02 Å². The summed E-state index contributed by atoms with van der Waals surface area (Å²) in [7, 11) is 0. The van der Waals surface area contributed by atoms with Crippen molar-refractivity contribution in [1.29, 1.82) is 0 Å². The second-order valence-corrected chi connectivity index (χ2v) is 10.9. The molecule has 1 unspecified atom stereocenters. The summed E-state index contributed by atoms with van der Waals surface area (Å²) < 4.78 is 11.7. The van der Waals surface area contributed by atoms with E-state index in [1.807, 2.05) is 26.8 Å². The maximum atomic E-state index is 13.4. The lowest BCUT2D eigenvalue weighted by molar-refractivity contribution is -0.139. The van der Waals surface area contributed by atoms with Gasteiger partial charge in [-0.25, -0.2) is 9.59 Å². The maximum Gasteiger partial charge on any atom is 0.410 e. The third-order valence-corrected chi connectivity index (χ3v) is 6.81. The molecule has 0 radical (unpaired) electrons. The number of nitrogens with zero attached hydrogens (tertiary/aromatic N) is 3. The molecule has 0 saturated carbocycles. The predicted octanol–water partition coefficient (Wildman–Crippen LogP) is 4.64. The van der Waals surface area contributed by atoms with Crippen LogP contribution in [0.25, 0.3) is 22.0 Å². The average Bonchev–Trinajstić information content (AvgIpc) is 3.30. The number of carboxylic acids is 1. The van der Waals surface area contributed by atoms with Gasteiger partial charge in [-0.2, -0.15) is 0 Å². The number of carboxylic acid groups (broad SMARTS) is 1. The Morgan fingerprint density at radius 3 is 2.42 bits per heavy atom. The van der Waals surface area contributed by atoms with Crippen molar-refractivity contribution in [2.24, 2.45) is 0 Å². The number of pyridine rings is 1. The van der Waals surface area contributed by atoms with Crippen LogP contribution in [-0.4, -0.2) is 75.7 Å². The van der Waals surface area contributed by atoms with Crippen LogP contribution >= 0.6 is 11.6 Å². The quantitative estimate of drug-likeness (QED) is 0.518. The van der Waals surface area contributed by atoms with Crippen LogP contribution in [0.15, 0.2) is 42.6 Å². The number of aromatic nitrogens is 1. The second-order valence-electron chi connectivity index (χ2n) is 10.4. The first-order valence-electron chi connectivity index (χ1n) is 12.4. The summed E-state index contributed by atoms with van der Waals surface area (Å²) in [5.41, 5.74) is 2.42. The molecular weight excluding hydrogens is 510 g/mol. The lowest BCUT2D eigenvalue weighted by atomic mass is 9.97. The predicted molar refractivity (Wildman–Crippen MR) is 142 cm³/mol. The molecule has 2 amide bonds. The minimum Gasteiger partial charge on any atom is -0.479 e. The number of piperazine rings is 1. The van der Waals surface area contributed by atoms with Crippen molar-refractivity contribution in [3.05, 3.63) is 58.7 Å². The van der Waals surface area contributed by atoms with Crippen molar-refractivity contribution >= 4 is 40.5 Å². The van der Waals surface area contributed by atoms with Crippen molar-refractivity contribution in [1.82, 2.24) is 14.8 Å². The fourth-order valence-electron chi connectivity index (χ4n) is 4.82. The number of aromatic carboxylic acids is 1. The molecule has 9 nitrogen and oxygen atoms in total. The third-order valence-electron chi connectivity index (χ3n) is 6.59. The Morgan fingerprint density at radius 2 is 1.74 bits per heavy atom. The van der Waals surface area contributed by atoms with Gasteiger partial charge in [0.05, 0.1) is 11.1 Å². The lowest BCUT2D eigenvalue weighted by Gasteiger charge is -2.36. The zero-order valence-electron chi connectivity index (χ0n) is 21.4. The van der Waals surface area contributed by atoms with Gasteiger partial charge < -0.3 is 24.4 Å². The molecule has 3 heterocycles. The van der Waals surface area contributed by atoms with Gasteiger partial charge in [0.1, 0.15) is 11.4 Å². The fraction of sp³-hybridized carbons (Fsp3) is 0.357. The minimum absolute atomic E-state index is 0.141. The van der Waals surface area contributed by atoms with Gasteiger partial charge in [0.25, 0.3) is 5.91 Å². The number of benzene rings is 2. The van der Waals surface area contributed by atoms with Crippen LogP contribution < -0.4 is 4.74 Å². The molecular formula is C28H28ClN3O6. The number of fused-ring (bicyclic) bond motifs is 2. The SMILES string of the molecule is CC(C)(C)OC(=O)N1CCN(C(=O)C2Cc3cc(Cl)cc(-c4ccnc5cc(C(=O)O)ccc45)c3O2)CC1. The first kappa shape index (κ1) is 25.8. The Hall–Kier alpha value is -3.85. The number of rotatable bonds is 3. The van der Waals surface area contributed by atoms with E-state index in [9.17, 15) is 19.5 Å². The average molecular weight is 538 g/mol. The zero-order valence-corrected chi connectivity index (χ0v) is 22.1. The van der Waals surface area contributed by atoms with Crippen molar-refractivity contribution in [2.75, 3.05) is 26.2 Å². The smallest absolute Gasteiger partial charge is 0.410 e. The standard InChI is InChI=1S/C28H28ClN3O6/c1-28(2,3)38-27(36)32-10-8-31(9-11-32)25(33)23-14-17-12-18(29)15-21(24(17)37-23)19-6-7-30-22-13-16(26(34)35)4-5-20(19)22/h4-7,12-13,15,23H,8-11,14H2,1-3H3,(H,34,35). The van der Waals surface area contributed by atoms with E-state index in [2.05, 4.69) is 4.98 Å². The summed E-state index contributed by atoms with van der Waals surface area (Å²) in [6.07, 6.45) is 0.897. The number of ether oxygens (including phenoxy) is 2. The third kappa shape index (κ3) is 5.11. The molecule has 0 spiro atoms. The summed E-state index contributed by atoms with van der Waals surface area (Å²) in [5.74, 6) is -0.591. The molecule has 2 aliphatic rings. The summed E-state index contributed by atoms with van der Waals surface area (Å²) in [5, 5.41) is 10.6. The molecule has 2 aromatic carbocycles. The molecule has 1 atom stereocenters. The van der Waals surface area contributed by atoms with Gasteiger partial charge in [0, 0.05) is 60.3 Å². The fourth-order valence-corrected chi connectivity index (χ4v) is 5.06. The second kappa shape index (κ2) is 9.79.